The molecule has 0 radical (unpaired) electrons. The summed E-state index contributed by atoms with van der Waals surface area (Å²) in [5, 5.41) is 0. The van der Waals surface area contributed by atoms with Crippen LogP contribution < -0.4 is 0 Å². The van der Waals surface area contributed by atoms with Gasteiger partial charge in [-0.3, -0.25) is 4.18 Å². The highest BCUT2D eigenvalue weighted by molar-refractivity contribution is 7.85. The molecule has 2 aromatic rings. The molecule has 0 aliphatic heterocycles. The molecule has 19 heavy (non-hydrogen) atoms. The Labute approximate surface area is 126 Å². The topological polar surface area (TPSA) is 69.4 Å². The van der Waals surface area contributed by atoms with Crippen LogP contribution in [0.5, 0.6) is 0 Å². The van der Waals surface area contributed by atoms with Crippen molar-refractivity contribution in [2.24, 2.45) is 0 Å². The predicted molar refractivity (Wildman–Crippen MR) is 71.2 cm³/mol. The van der Waals surface area contributed by atoms with Crippen molar-refractivity contribution in [2.45, 2.75) is 13.3 Å². The van der Waals surface area contributed by atoms with Gasteiger partial charge < -0.3 is 4.42 Å². The molecule has 1 heterocycles. The van der Waals surface area contributed by atoms with Crippen LogP contribution in [-0.4, -0.2) is 26.2 Å². The Morgan fingerprint density at radius 1 is 1.47 bits per heavy atom. The second-order valence-corrected chi connectivity index (χ2v) is 4.98. The zero-order valence-electron chi connectivity index (χ0n) is 19.7. The van der Waals surface area contributed by atoms with Crippen molar-refractivity contribution >= 4 is 10.1 Å². The summed E-state index contributed by atoms with van der Waals surface area (Å²) in [7, 11) is -4.23. The van der Waals surface area contributed by atoms with Crippen molar-refractivity contribution in [3.8, 4) is 11.5 Å². The molecule has 0 unspecified atom stereocenters. The lowest BCUT2D eigenvalue weighted by atomic mass is 10.2. The summed E-state index contributed by atoms with van der Waals surface area (Å²) in [5.41, 5.74) is -1.06. The molecular weight excluding hydrogens is 266 g/mol. The molecule has 0 fully saturated rings. The SMILES string of the molecule is [2H]c1c([2H])c([2H])c(-c2nc(CC([2H])([2H])OS(C)(=O)=O)c(C([2H])([2H])[2H])o2)c([2H])c1[2H]. The third kappa shape index (κ3) is 3.90. The fraction of sp³-hybridized carbons (Fsp3) is 0.308. The number of aryl methyl sites for hydroxylation is 2. The number of aromatic nitrogens is 1. The first-order valence-corrected chi connectivity index (χ1v) is 6.74. The Morgan fingerprint density at radius 3 is 2.84 bits per heavy atom. The van der Waals surface area contributed by atoms with E-state index in [0.717, 1.165) is 0 Å². The first-order chi connectivity index (χ1) is 12.9. The van der Waals surface area contributed by atoms with E-state index in [1.165, 1.54) is 0 Å². The van der Waals surface area contributed by atoms with Gasteiger partial charge >= 0.3 is 0 Å². The van der Waals surface area contributed by atoms with Crippen molar-refractivity contribution < 1.29 is 30.7 Å². The summed E-state index contributed by atoms with van der Waals surface area (Å²) >= 11 is 0. The van der Waals surface area contributed by atoms with E-state index in [9.17, 15) is 8.42 Å². The Balaban J connectivity index is 2.68. The average Bonchev–Trinajstić information content (AvgIpc) is 2.91. The minimum atomic E-state index is -4.23. The van der Waals surface area contributed by atoms with Crippen LogP contribution in [-0.2, 0) is 20.7 Å². The first-order valence-electron chi connectivity index (χ1n) is 9.92. The molecule has 0 aliphatic rings. The smallest absolute Gasteiger partial charge is 0.264 e. The van der Waals surface area contributed by atoms with Crippen molar-refractivity contribution in [3.05, 3.63) is 41.7 Å². The van der Waals surface area contributed by atoms with Crippen LogP contribution in [0.2, 0.25) is 0 Å². The van der Waals surface area contributed by atoms with Gasteiger partial charge in [-0.2, -0.15) is 8.42 Å². The van der Waals surface area contributed by atoms with Crippen LogP contribution in [0, 0.1) is 6.85 Å². The lowest BCUT2D eigenvalue weighted by Crippen LogP contribution is -2.06. The molecule has 0 spiro atoms. The van der Waals surface area contributed by atoms with E-state index in [1.54, 1.807) is 0 Å². The number of rotatable bonds is 5. The summed E-state index contributed by atoms with van der Waals surface area (Å²) < 4.78 is 109. The summed E-state index contributed by atoms with van der Waals surface area (Å²) in [6, 6.07) is -3.48. The van der Waals surface area contributed by atoms with Gasteiger partial charge in [-0.05, 0) is 18.9 Å². The Hall–Kier alpha value is -1.66. The summed E-state index contributed by atoms with van der Waals surface area (Å²) in [4.78, 5) is 3.79. The van der Waals surface area contributed by atoms with E-state index in [1.807, 2.05) is 0 Å². The van der Waals surface area contributed by atoms with E-state index in [0.29, 0.717) is 6.26 Å². The quantitative estimate of drug-likeness (QED) is 0.790. The minimum Gasteiger partial charge on any atom is -0.441 e. The van der Waals surface area contributed by atoms with Gasteiger partial charge in [-0.1, -0.05) is 18.1 Å². The number of nitrogens with zero attached hydrogens (tertiary/aromatic N) is 1. The second kappa shape index (κ2) is 5.54. The number of benzene rings is 1. The van der Waals surface area contributed by atoms with E-state index >= 15 is 0 Å². The third-order valence-corrected chi connectivity index (χ3v) is 2.28. The van der Waals surface area contributed by atoms with Crippen LogP contribution in [0.1, 0.15) is 25.2 Å². The molecule has 2 rings (SSSR count). The van der Waals surface area contributed by atoms with Crippen molar-refractivity contribution in [1.29, 1.82) is 0 Å². The second-order valence-electron chi connectivity index (χ2n) is 3.40. The zero-order chi connectivity index (χ0) is 22.5. The molecule has 0 saturated carbocycles. The fourth-order valence-electron chi connectivity index (χ4n) is 1.14. The number of hydrogen-bond acceptors (Lipinski definition) is 5. The molecular formula is C13H15NO4S. The van der Waals surface area contributed by atoms with Gasteiger partial charge in [0.15, 0.2) is 0 Å². The molecule has 102 valence electrons. The number of hydrogen-bond donors (Lipinski definition) is 0. The maximum Gasteiger partial charge on any atom is 0.264 e. The molecule has 1 aromatic heterocycles. The predicted octanol–water partition coefficient (Wildman–Crippen LogP) is 2.17. The molecule has 0 amide bonds. The summed E-state index contributed by atoms with van der Waals surface area (Å²) in [6.45, 7) is -5.82. The van der Waals surface area contributed by atoms with Gasteiger partial charge in [0.1, 0.15) is 5.76 Å². The van der Waals surface area contributed by atoms with Crippen LogP contribution in [0.3, 0.4) is 0 Å². The molecule has 5 nitrogen and oxygen atoms in total. The van der Waals surface area contributed by atoms with Gasteiger partial charge in [0.25, 0.3) is 10.1 Å². The largest absolute Gasteiger partial charge is 0.441 e. The molecule has 0 bridgehead atoms. The van der Waals surface area contributed by atoms with Gasteiger partial charge in [-0.15, -0.1) is 0 Å². The van der Waals surface area contributed by atoms with Crippen LogP contribution >= 0.6 is 0 Å². The molecule has 0 saturated heterocycles. The van der Waals surface area contributed by atoms with Crippen molar-refractivity contribution in [1.82, 2.24) is 4.98 Å². The highest BCUT2D eigenvalue weighted by Crippen LogP contribution is 2.21. The monoisotopic (exact) mass is 291 g/mol. The van der Waals surface area contributed by atoms with E-state index < -0.39 is 83.1 Å². The fourth-order valence-corrected chi connectivity index (χ4v) is 1.41. The van der Waals surface area contributed by atoms with Crippen molar-refractivity contribution in [2.75, 3.05) is 12.8 Å². The highest BCUT2D eigenvalue weighted by atomic mass is 32.2. The molecule has 0 aliphatic carbocycles. The third-order valence-electron chi connectivity index (χ3n) is 1.86. The molecule has 0 atom stereocenters. The average molecular weight is 291 g/mol. The molecule has 1 aromatic carbocycles. The van der Waals surface area contributed by atoms with E-state index in [4.69, 9.17) is 18.1 Å². The maximum absolute atomic E-state index is 11.2. The lowest BCUT2D eigenvalue weighted by molar-refractivity contribution is 0.324. The normalized spacial score (nSPS) is 20.7. The number of oxazole rings is 1. The van der Waals surface area contributed by atoms with Crippen molar-refractivity contribution in [3.63, 3.8) is 0 Å². The Kier molecular flexibility index (Phi) is 1.68. The first kappa shape index (κ1) is 5.76. The standard InChI is InChI=1S/C13H15NO4S/c1-10-12(8-9-17-19(2,15)16)14-13(18-10)11-6-4-3-5-7-11/h3-7H,8-9H2,1-2H3/i1D3,3D,4D,5D,6D,7D,9D2. The maximum atomic E-state index is 11.2. The van der Waals surface area contributed by atoms with Gasteiger partial charge in [0, 0.05) is 16.1 Å². The molecule has 0 N–H and O–H groups in total. The Morgan fingerprint density at radius 2 is 2.21 bits per heavy atom. The van der Waals surface area contributed by atoms with Gasteiger partial charge in [0.2, 0.25) is 5.89 Å². The highest BCUT2D eigenvalue weighted by Gasteiger charge is 2.12. The van der Waals surface area contributed by atoms with E-state index in [-0.39, 0.29) is 0 Å². The lowest BCUT2D eigenvalue weighted by Gasteiger charge is -1.98. The van der Waals surface area contributed by atoms with Gasteiger partial charge in [0.05, 0.1) is 28.1 Å². The Bertz CT molecular complexity index is 1030. The van der Waals surface area contributed by atoms with Crippen LogP contribution in [0.25, 0.3) is 11.5 Å². The summed E-state index contributed by atoms with van der Waals surface area (Å²) in [6.07, 6.45) is -0.341. The van der Waals surface area contributed by atoms with Crippen LogP contribution in [0.4, 0.5) is 0 Å². The summed E-state index contributed by atoms with van der Waals surface area (Å²) in [5.74, 6) is -1.46. The minimum absolute atomic E-state index is 0.516. The molecule has 6 heteroatoms. The zero-order valence-corrected chi connectivity index (χ0v) is 10.5. The van der Waals surface area contributed by atoms with Crippen LogP contribution in [0.15, 0.2) is 34.6 Å². The van der Waals surface area contributed by atoms with Gasteiger partial charge in [-0.25, -0.2) is 4.98 Å². The van der Waals surface area contributed by atoms with E-state index in [2.05, 4.69) is 9.17 Å².